The van der Waals surface area contributed by atoms with Gasteiger partial charge in [0.1, 0.15) is 11.3 Å². The molecule has 2 aliphatic heterocycles. The molecular formula is C19H26N2O3. The van der Waals surface area contributed by atoms with Crippen molar-refractivity contribution in [2.75, 3.05) is 52.5 Å². The first-order chi connectivity index (χ1) is 11.9. The molecule has 0 N–H and O–H groups in total. The fraction of sp³-hybridized carbons (Fsp3) is 0.579. The molecule has 1 atom stereocenters. The molecular weight excluding hydrogens is 304 g/mol. The molecule has 5 nitrogen and oxygen atoms in total. The number of hydrogen-bond acceptors (Lipinski definition) is 5. The predicted octanol–water partition coefficient (Wildman–Crippen LogP) is 2.36. The van der Waals surface area contributed by atoms with E-state index in [1.54, 1.807) is 0 Å². The molecule has 5 heteroatoms. The van der Waals surface area contributed by atoms with Gasteiger partial charge in [0, 0.05) is 44.7 Å². The highest BCUT2D eigenvalue weighted by atomic mass is 16.5. The van der Waals surface area contributed by atoms with Crippen LogP contribution in [0.3, 0.4) is 0 Å². The van der Waals surface area contributed by atoms with Crippen molar-refractivity contribution in [1.82, 2.24) is 9.80 Å². The van der Waals surface area contributed by atoms with Crippen molar-refractivity contribution in [3.05, 3.63) is 36.1 Å². The monoisotopic (exact) mass is 330 g/mol. The van der Waals surface area contributed by atoms with E-state index in [2.05, 4.69) is 28.0 Å². The van der Waals surface area contributed by atoms with Gasteiger partial charge in [0.15, 0.2) is 0 Å². The molecule has 2 aliphatic rings. The summed E-state index contributed by atoms with van der Waals surface area (Å²) in [6.07, 6.45) is 1.36. The molecule has 1 aromatic heterocycles. The lowest BCUT2D eigenvalue weighted by Crippen LogP contribution is -2.44. The lowest BCUT2D eigenvalue weighted by molar-refractivity contribution is -0.0125. The number of rotatable bonds is 4. The minimum absolute atomic E-state index is 0.273. The average molecular weight is 330 g/mol. The zero-order valence-electron chi connectivity index (χ0n) is 14.2. The zero-order valence-corrected chi connectivity index (χ0v) is 14.2. The van der Waals surface area contributed by atoms with Crippen molar-refractivity contribution in [2.45, 2.75) is 19.1 Å². The molecule has 24 heavy (non-hydrogen) atoms. The Kier molecular flexibility index (Phi) is 5.13. The molecule has 2 saturated heterocycles. The molecule has 0 spiro atoms. The highest BCUT2D eigenvalue weighted by Gasteiger charge is 2.23. The van der Waals surface area contributed by atoms with Crippen LogP contribution < -0.4 is 0 Å². The zero-order chi connectivity index (χ0) is 16.2. The van der Waals surface area contributed by atoms with E-state index in [-0.39, 0.29) is 6.10 Å². The summed E-state index contributed by atoms with van der Waals surface area (Å²) in [6, 6.07) is 10.4. The molecule has 2 aromatic rings. The average Bonchev–Trinajstić information content (AvgIpc) is 2.88. The molecule has 1 aromatic carbocycles. The van der Waals surface area contributed by atoms with Gasteiger partial charge in [-0.3, -0.25) is 9.80 Å². The van der Waals surface area contributed by atoms with Gasteiger partial charge in [0.2, 0.25) is 0 Å². The molecule has 3 heterocycles. The van der Waals surface area contributed by atoms with Crippen LogP contribution in [-0.4, -0.2) is 68.4 Å². The predicted molar refractivity (Wildman–Crippen MR) is 93.1 cm³/mol. The van der Waals surface area contributed by atoms with Gasteiger partial charge in [-0.1, -0.05) is 18.2 Å². The summed E-state index contributed by atoms with van der Waals surface area (Å²) in [7, 11) is 0. The Morgan fingerprint density at radius 3 is 2.75 bits per heavy atom. The van der Waals surface area contributed by atoms with E-state index in [0.29, 0.717) is 0 Å². The number of ether oxygens (including phenoxy) is 2. The third kappa shape index (κ3) is 3.98. The van der Waals surface area contributed by atoms with E-state index >= 15 is 0 Å². The lowest BCUT2D eigenvalue weighted by Gasteiger charge is -2.31. The van der Waals surface area contributed by atoms with Gasteiger partial charge in [0.05, 0.1) is 25.9 Å². The fourth-order valence-electron chi connectivity index (χ4n) is 3.63. The largest absolute Gasteiger partial charge is 0.460 e. The summed E-state index contributed by atoms with van der Waals surface area (Å²) in [5.74, 6) is 1.04. The van der Waals surface area contributed by atoms with Crippen LogP contribution in [0, 0.1) is 0 Å². The van der Waals surface area contributed by atoms with Crippen LogP contribution in [0.15, 0.2) is 34.7 Å². The summed E-state index contributed by atoms with van der Waals surface area (Å²) < 4.78 is 17.5. The van der Waals surface area contributed by atoms with Crippen LogP contribution >= 0.6 is 0 Å². The molecule has 130 valence electrons. The molecule has 0 radical (unpaired) electrons. The Hall–Kier alpha value is -1.40. The first kappa shape index (κ1) is 16.1. The van der Waals surface area contributed by atoms with Crippen molar-refractivity contribution < 1.29 is 13.9 Å². The Labute approximate surface area is 143 Å². The number of nitrogens with zero attached hydrogens (tertiary/aromatic N) is 2. The van der Waals surface area contributed by atoms with Crippen LogP contribution in [-0.2, 0) is 16.0 Å². The highest BCUT2D eigenvalue weighted by Crippen LogP contribution is 2.21. The molecule has 0 aliphatic carbocycles. The number of para-hydroxylation sites is 1. The first-order valence-corrected chi connectivity index (χ1v) is 8.98. The number of hydrogen-bond donors (Lipinski definition) is 0. The number of benzene rings is 1. The van der Waals surface area contributed by atoms with Crippen molar-refractivity contribution in [3.8, 4) is 0 Å². The van der Waals surface area contributed by atoms with Crippen LogP contribution in [0.4, 0.5) is 0 Å². The van der Waals surface area contributed by atoms with E-state index < -0.39 is 0 Å². The third-order valence-corrected chi connectivity index (χ3v) is 4.86. The molecule has 0 amide bonds. The van der Waals surface area contributed by atoms with Gasteiger partial charge in [-0.2, -0.15) is 0 Å². The molecule has 2 fully saturated rings. The van der Waals surface area contributed by atoms with Gasteiger partial charge in [-0.15, -0.1) is 0 Å². The Balaban J connectivity index is 1.38. The van der Waals surface area contributed by atoms with Crippen molar-refractivity contribution in [2.24, 2.45) is 0 Å². The number of furan rings is 1. The maximum atomic E-state index is 6.08. The smallest absolute Gasteiger partial charge is 0.134 e. The third-order valence-electron chi connectivity index (χ3n) is 4.86. The van der Waals surface area contributed by atoms with E-state index in [0.717, 1.165) is 76.9 Å². The second-order valence-electron chi connectivity index (χ2n) is 6.74. The van der Waals surface area contributed by atoms with Crippen LogP contribution in [0.2, 0.25) is 0 Å². The summed E-state index contributed by atoms with van der Waals surface area (Å²) in [4.78, 5) is 4.93. The quantitative estimate of drug-likeness (QED) is 0.860. The Morgan fingerprint density at radius 1 is 1.00 bits per heavy atom. The van der Waals surface area contributed by atoms with E-state index in [9.17, 15) is 0 Å². The molecule has 0 saturated carbocycles. The highest BCUT2D eigenvalue weighted by molar-refractivity contribution is 5.77. The molecule has 1 unspecified atom stereocenters. The van der Waals surface area contributed by atoms with E-state index in [1.165, 1.54) is 5.39 Å². The van der Waals surface area contributed by atoms with Gasteiger partial charge >= 0.3 is 0 Å². The van der Waals surface area contributed by atoms with Crippen LogP contribution in [0.1, 0.15) is 12.2 Å². The summed E-state index contributed by atoms with van der Waals surface area (Å²) in [5, 5.41) is 1.18. The molecule has 0 bridgehead atoms. The standard InChI is InChI=1S/C19H26N2O3/c1-2-5-19-16(4-1)12-17(24-19)13-21-6-3-9-23-18(15-21)14-20-7-10-22-11-8-20/h1-2,4-5,12,18H,3,6-11,13-15H2. The minimum atomic E-state index is 0.273. The van der Waals surface area contributed by atoms with Gasteiger partial charge in [-0.25, -0.2) is 0 Å². The number of morpholine rings is 1. The van der Waals surface area contributed by atoms with Gasteiger partial charge in [0.25, 0.3) is 0 Å². The lowest BCUT2D eigenvalue weighted by atomic mass is 10.2. The Bertz CT molecular complexity index is 618. The van der Waals surface area contributed by atoms with Crippen molar-refractivity contribution in [1.29, 1.82) is 0 Å². The first-order valence-electron chi connectivity index (χ1n) is 8.98. The maximum Gasteiger partial charge on any atom is 0.134 e. The summed E-state index contributed by atoms with van der Waals surface area (Å²) in [6.45, 7) is 8.46. The van der Waals surface area contributed by atoms with Crippen LogP contribution in [0.25, 0.3) is 11.0 Å². The second kappa shape index (κ2) is 7.66. The minimum Gasteiger partial charge on any atom is -0.460 e. The van der Waals surface area contributed by atoms with Crippen molar-refractivity contribution >= 4 is 11.0 Å². The van der Waals surface area contributed by atoms with Gasteiger partial charge in [-0.05, 0) is 18.6 Å². The topological polar surface area (TPSA) is 38.1 Å². The summed E-state index contributed by atoms with van der Waals surface area (Å²) in [5.41, 5.74) is 0.975. The summed E-state index contributed by atoms with van der Waals surface area (Å²) >= 11 is 0. The van der Waals surface area contributed by atoms with E-state index in [1.807, 2.05) is 12.1 Å². The molecule has 4 rings (SSSR count). The Morgan fingerprint density at radius 2 is 1.88 bits per heavy atom. The normalized spacial score (nSPS) is 24.2. The fourth-order valence-corrected chi connectivity index (χ4v) is 3.63. The second-order valence-corrected chi connectivity index (χ2v) is 6.74. The van der Waals surface area contributed by atoms with E-state index in [4.69, 9.17) is 13.9 Å². The number of fused-ring (bicyclic) bond motifs is 1. The SMILES string of the molecule is c1ccc2oc(CN3CCCOC(CN4CCOCC4)C3)cc2c1. The maximum absolute atomic E-state index is 6.08. The van der Waals surface area contributed by atoms with Crippen molar-refractivity contribution in [3.63, 3.8) is 0 Å². The van der Waals surface area contributed by atoms with Gasteiger partial charge < -0.3 is 13.9 Å². The van der Waals surface area contributed by atoms with Crippen LogP contribution in [0.5, 0.6) is 0 Å².